The van der Waals surface area contributed by atoms with Crippen molar-refractivity contribution in [3.63, 3.8) is 0 Å². The van der Waals surface area contributed by atoms with Gasteiger partial charge in [-0.2, -0.15) is 0 Å². The number of aliphatic hydroxyl groups excluding tert-OH is 2. The van der Waals surface area contributed by atoms with Crippen LogP contribution in [0.3, 0.4) is 0 Å². The number of rotatable bonds is 4. The number of carbonyl (C=O) groups is 1. The second kappa shape index (κ2) is 9.01. The van der Waals surface area contributed by atoms with E-state index in [1.165, 1.54) is 13.1 Å². The molecular formula is C24H24N6O5. The summed E-state index contributed by atoms with van der Waals surface area (Å²) in [6, 6.07) is 6.77. The van der Waals surface area contributed by atoms with Crippen LogP contribution >= 0.6 is 0 Å². The number of H-pyrrole nitrogens is 1. The minimum Gasteiger partial charge on any atom is -0.390 e. The van der Waals surface area contributed by atoms with E-state index in [0.717, 1.165) is 0 Å². The van der Waals surface area contributed by atoms with E-state index < -0.39 is 17.4 Å². The minimum atomic E-state index is -1.08. The number of piperidine rings is 1. The Hall–Kier alpha value is -3.96. The van der Waals surface area contributed by atoms with Gasteiger partial charge in [-0.25, -0.2) is 9.78 Å². The first kappa shape index (κ1) is 22.8. The third-order valence-corrected chi connectivity index (χ3v) is 6.39. The van der Waals surface area contributed by atoms with E-state index in [1.54, 1.807) is 39.9 Å². The Bertz CT molecular complexity index is 1530. The van der Waals surface area contributed by atoms with Gasteiger partial charge in [0.1, 0.15) is 11.6 Å². The molecule has 11 nitrogen and oxygen atoms in total. The van der Waals surface area contributed by atoms with E-state index in [0.29, 0.717) is 59.4 Å². The molecule has 4 aromatic heterocycles. The van der Waals surface area contributed by atoms with Gasteiger partial charge in [0, 0.05) is 37.1 Å². The normalized spacial score (nSPS) is 15.6. The van der Waals surface area contributed by atoms with Gasteiger partial charge < -0.3 is 15.1 Å². The molecule has 0 spiro atoms. The van der Waals surface area contributed by atoms with Crippen molar-refractivity contribution in [2.75, 3.05) is 13.1 Å². The number of likely N-dealkylation sites (tertiary alicyclic amines) is 1. The highest BCUT2D eigenvalue weighted by molar-refractivity contribution is 6.01. The molecule has 35 heavy (non-hydrogen) atoms. The van der Waals surface area contributed by atoms with Crippen molar-refractivity contribution in [2.45, 2.75) is 38.5 Å². The summed E-state index contributed by atoms with van der Waals surface area (Å²) < 4.78 is 1.55. The highest BCUT2D eigenvalue weighted by atomic mass is 16.3. The van der Waals surface area contributed by atoms with Gasteiger partial charge in [-0.1, -0.05) is 0 Å². The molecule has 5 rings (SSSR count). The van der Waals surface area contributed by atoms with Gasteiger partial charge in [0.25, 0.3) is 11.5 Å². The summed E-state index contributed by atoms with van der Waals surface area (Å²) in [5.41, 5.74) is 2.08. The Balaban J connectivity index is 1.65. The quantitative estimate of drug-likeness (QED) is 0.364. The first-order valence-electron chi connectivity index (χ1n) is 11.3. The number of aliphatic hydroxyl groups is 2. The molecule has 1 saturated heterocycles. The predicted octanol–water partition coefficient (Wildman–Crippen LogP) is 0.732. The Labute approximate surface area is 198 Å². The highest BCUT2D eigenvalue weighted by Crippen LogP contribution is 2.29. The summed E-state index contributed by atoms with van der Waals surface area (Å²) in [6.07, 6.45) is 2.93. The topological polar surface area (TPSA) is 154 Å². The Morgan fingerprint density at radius 3 is 2.57 bits per heavy atom. The van der Waals surface area contributed by atoms with Crippen LogP contribution < -0.4 is 11.2 Å². The predicted molar refractivity (Wildman–Crippen MR) is 128 cm³/mol. The largest absolute Gasteiger partial charge is 0.390 e. The third-order valence-electron chi connectivity index (χ3n) is 6.39. The molecule has 0 aromatic carbocycles. The fourth-order valence-corrected chi connectivity index (χ4v) is 4.58. The first-order chi connectivity index (χ1) is 16.9. The standard InChI is InChI=1S/C24H24N6O5/c1-13(32)23(34)29-8-6-16(7-9-29)30-21-17(22(33)28-24(30)35)11-26-19-5-4-18(27-20(19)21)14-2-3-15(12-31)25-10-14/h2-5,10-11,13,16,31-32H,6-9,12H2,1H3,(H,28,33,35). The van der Waals surface area contributed by atoms with Crippen LogP contribution in [0.15, 0.2) is 46.2 Å². The van der Waals surface area contributed by atoms with Crippen LogP contribution in [0, 0.1) is 0 Å². The molecule has 1 fully saturated rings. The summed E-state index contributed by atoms with van der Waals surface area (Å²) in [7, 11) is 0. The Morgan fingerprint density at radius 2 is 1.91 bits per heavy atom. The summed E-state index contributed by atoms with van der Waals surface area (Å²) in [5.74, 6) is -0.344. The smallest absolute Gasteiger partial charge is 0.329 e. The van der Waals surface area contributed by atoms with Crippen molar-refractivity contribution in [3.8, 4) is 11.3 Å². The molecule has 0 bridgehead atoms. The number of hydrogen-bond acceptors (Lipinski definition) is 8. The molecule has 5 heterocycles. The maximum Gasteiger partial charge on any atom is 0.329 e. The van der Waals surface area contributed by atoms with Crippen molar-refractivity contribution < 1.29 is 15.0 Å². The lowest BCUT2D eigenvalue weighted by Crippen LogP contribution is -2.45. The SMILES string of the molecule is CC(O)C(=O)N1CCC(n2c(=O)[nH]c(=O)c3cnc4ccc(-c5ccc(CO)nc5)nc4c32)CC1. The molecule has 0 radical (unpaired) electrons. The number of nitrogens with zero attached hydrogens (tertiary/aromatic N) is 5. The number of amides is 1. The van der Waals surface area contributed by atoms with Crippen LogP contribution in [-0.2, 0) is 11.4 Å². The minimum absolute atomic E-state index is 0.170. The monoisotopic (exact) mass is 476 g/mol. The number of nitrogens with one attached hydrogen (secondary N) is 1. The number of aromatic nitrogens is 5. The van der Waals surface area contributed by atoms with Crippen LogP contribution in [0.1, 0.15) is 31.5 Å². The molecule has 180 valence electrons. The van der Waals surface area contributed by atoms with Crippen molar-refractivity contribution in [1.29, 1.82) is 0 Å². The average molecular weight is 476 g/mol. The first-order valence-corrected chi connectivity index (χ1v) is 11.3. The van der Waals surface area contributed by atoms with E-state index in [1.807, 2.05) is 0 Å². The number of aromatic amines is 1. The van der Waals surface area contributed by atoms with Crippen LogP contribution in [0.5, 0.6) is 0 Å². The number of hydrogen-bond donors (Lipinski definition) is 3. The molecule has 3 N–H and O–H groups in total. The molecule has 1 aliphatic rings. The van der Waals surface area contributed by atoms with Gasteiger partial charge in [-0.3, -0.25) is 29.1 Å². The van der Waals surface area contributed by atoms with Crippen LogP contribution in [-0.4, -0.2) is 64.7 Å². The molecular weight excluding hydrogens is 452 g/mol. The number of fused-ring (bicyclic) bond motifs is 3. The van der Waals surface area contributed by atoms with Gasteiger partial charge in [0.05, 0.1) is 34.4 Å². The summed E-state index contributed by atoms with van der Waals surface area (Å²) in [5, 5.41) is 19.1. The van der Waals surface area contributed by atoms with Crippen molar-refractivity contribution >= 4 is 27.8 Å². The lowest BCUT2D eigenvalue weighted by atomic mass is 10.0. The van der Waals surface area contributed by atoms with Crippen molar-refractivity contribution in [2.24, 2.45) is 0 Å². The number of carbonyl (C=O) groups excluding carboxylic acids is 1. The van der Waals surface area contributed by atoms with Crippen LogP contribution in [0.2, 0.25) is 0 Å². The van der Waals surface area contributed by atoms with Crippen molar-refractivity contribution in [3.05, 3.63) is 63.2 Å². The van der Waals surface area contributed by atoms with Gasteiger partial charge in [0.2, 0.25) is 0 Å². The van der Waals surface area contributed by atoms with Gasteiger partial charge in [-0.05, 0) is 44.0 Å². The molecule has 0 aliphatic carbocycles. The average Bonchev–Trinajstić information content (AvgIpc) is 2.88. The van der Waals surface area contributed by atoms with E-state index in [2.05, 4.69) is 15.0 Å². The molecule has 1 unspecified atom stereocenters. The van der Waals surface area contributed by atoms with E-state index in [9.17, 15) is 24.6 Å². The van der Waals surface area contributed by atoms with Crippen LogP contribution in [0.4, 0.5) is 0 Å². The van der Waals surface area contributed by atoms with Gasteiger partial charge in [-0.15, -0.1) is 0 Å². The fourth-order valence-electron chi connectivity index (χ4n) is 4.58. The zero-order valence-electron chi connectivity index (χ0n) is 19.0. The van der Waals surface area contributed by atoms with E-state index in [4.69, 9.17) is 4.98 Å². The van der Waals surface area contributed by atoms with E-state index >= 15 is 0 Å². The summed E-state index contributed by atoms with van der Waals surface area (Å²) in [4.78, 5) is 55.2. The zero-order valence-corrected chi connectivity index (χ0v) is 19.0. The lowest BCUT2D eigenvalue weighted by Gasteiger charge is -2.34. The highest BCUT2D eigenvalue weighted by Gasteiger charge is 2.28. The van der Waals surface area contributed by atoms with Crippen LogP contribution in [0.25, 0.3) is 33.2 Å². The van der Waals surface area contributed by atoms with Crippen molar-refractivity contribution in [1.82, 2.24) is 29.4 Å². The second-order valence-corrected chi connectivity index (χ2v) is 8.64. The Morgan fingerprint density at radius 1 is 1.14 bits per heavy atom. The molecule has 1 amide bonds. The lowest BCUT2D eigenvalue weighted by molar-refractivity contribution is -0.140. The third kappa shape index (κ3) is 4.08. The second-order valence-electron chi connectivity index (χ2n) is 8.64. The molecule has 11 heteroatoms. The zero-order chi connectivity index (χ0) is 24.7. The van der Waals surface area contributed by atoms with Gasteiger partial charge >= 0.3 is 5.69 Å². The summed E-state index contributed by atoms with van der Waals surface area (Å²) >= 11 is 0. The molecule has 0 saturated carbocycles. The van der Waals surface area contributed by atoms with E-state index in [-0.39, 0.29) is 23.9 Å². The summed E-state index contributed by atoms with van der Waals surface area (Å²) in [6.45, 7) is 2.03. The molecule has 4 aromatic rings. The fraction of sp³-hybridized carbons (Fsp3) is 0.333. The molecule has 1 aliphatic heterocycles. The maximum atomic E-state index is 13.1. The number of pyridine rings is 3. The molecule has 1 atom stereocenters. The maximum absolute atomic E-state index is 13.1. The Kier molecular flexibility index (Phi) is 5.87. The van der Waals surface area contributed by atoms with Gasteiger partial charge in [0.15, 0.2) is 0 Å².